The highest BCUT2D eigenvalue weighted by atomic mass is 15.4. The van der Waals surface area contributed by atoms with Crippen LogP contribution in [0.3, 0.4) is 0 Å². The Balaban J connectivity index is 2.90. The molecular formula is C11H17N3. The molecule has 3 nitrogen and oxygen atoms in total. The molecule has 0 bridgehead atoms. The van der Waals surface area contributed by atoms with Crippen molar-refractivity contribution in [3.05, 3.63) is 23.7 Å². The van der Waals surface area contributed by atoms with Gasteiger partial charge in [-0.15, -0.1) is 0 Å². The third-order valence-electron chi connectivity index (χ3n) is 2.02. The standard InChI is InChI=1S/C11H17N3/c1-5-6-10-7-13-11(9(2)3)8-14(10)12-4/h6-9H,4-5H2,1-3H3/b10-6-. The van der Waals surface area contributed by atoms with Crippen molar-refractivity contribution in [3.63, 3.8) is 0 Å². The van der Waals surface area contributed by atoms with Crippen LogP contribution in [0.1, 0.15) is 27.2 Å². The molecule has 0 fully saturated rings. The summed E-state index contributed by atoms with van der Waals surface area (Å²) in [6.07, 6.45) is 6.82. The first kappa shape index (κ1) is 10.7. The Bertz CT molecular complexity index is 298. The summed E-state index contributed by atoms with van der Waals surface area (Å²) in [7, 11) is 0. The zero-order valence-electron chi connectivity index (χ0n) is 9.07. The van der Waals surface area contributed by atoms with Crippen LogP contribution in [-0.4, -0.2) is 17.9 Å². The largest absolute Gasteiger partial charge is 0.257 e. The fraction of sp³-hybridized carbons (Fsp3) is 0.455. The molecule has 1 heterocycles. The van der Waals surface area contributed by atoms with Crippen LogP contribution in [0.15, 0.2) is 33.8 Å². The smallest absolute Gasteiger partial charge is 0.0788 e. The third kappa shape index (κ3) is 2.31. The van der Waals surface area contributed by atoms with Crippen molar-refractivity contribution in [2.75, 3.05) is 0 Å². The molecule has 0 aliphatic carbocycles. The lowest BCUT2D eigenvalue weighted by atomic mass is 10.1. The van der Waals surface area contributed by atoms with E-state index in [1.54, 1.807) is 5.01 Å². The first-order chi connectivity index (χ1) is 6.69. The van der Waals surface area contributed by atoms with Gasteiger partial charge in [0.2, 0.25) is 0 Å². The molecule has 0 amide bonds. The molecule has 0 aromatic heterocycles. The summed E-state index contributed by atoms with van der Waals surface area (Å²) >= 11 is 0. The van der Waals surface area contributed by atoms with Gasteiger partial charge in [-0.05, 0) is 12.3 Å². The van der Waals surface area contributed by atoms with Crippen molar-refractivity contribution in [2.45, 2.75) is 27.2 Å². The number of hydrazone groups is 1. The van der Waals surface area contributed by atoms with Gasteiger partial charge < -0.3 is 0 Å². The van der Waals surface area contributed by atoms with E-state index < -0.39 is 0 Å². The van der Waals surface area contributed by atoms with Crippen molar-refractivity contribution in [1.82, 2.24) is 5.01 Å². The van der Waals surface area contributed by atoms with Crippen LogP contribution in [0.5, 0.6) is 0 Å². The zero-order valence-corrected chi connectivity index (χ0v) is 9.07. The van der Waals surface area contributed by atoms with Crippen LogP contribution in [-0.2, 0) is 0 Å². The average Bonchev–Trinajstić information content (AvgIpc) is 2.18. The first-order valence-corrected chi connectivity index (χ1v) is 4.90. The van der Waals surface area contributed by atoms with Gasteiger partial charge in [-0.2, -0.15) is 5.10 Å². The lowest BCUT2D eigenvalue weighted by molar-refractivity contribution is 0.505. The second-order valence-corrected chi connectivity index (χ2v) is 3.49. The Labute approximate surface area is 85.5 Å². The van der Waals surface area contributed by atoms with E-state index in [2.05, 4.69) is 43.7 Å². The molecule has 0 unspecified atom stereocenters. The third-order valence-corrected chi connectivity index (χ3v) is 2.02. The maximum absolute atomic E-state index is 4.37. The van der Waals surface area contributed by atoms with Crippen molar-refractivity contribution in [2.24, 2.45) is 16.0 Å². The molecular weight excluding hydrogens is 174 g/mol. The molecule has 0 aromatic rings. The molecule has 0 aromatic carbocycles. The van der Waals surface area contributed by atoms with Gasteiger partial charge in [0.05, 0.1) is 23.8 Å². The molecule has 0 saturated heterocycles. The fourth-order valence-corrected chi connectivity index (χ4v) is 1.21. The van der Waals surface area contributed by atoms with E-state index in [0.29, 0.717) is 5.92 Å². The molecule has 0 N–H and O–H groups in total. The Kier molecular flexibility index (Phi) is 3.63. The van der Waals surface area contributed by atoms with Gasteiger partial charge in [0.25, 0.3) is 0 Å². The number of rotatable bonds is 3. The second kappa shape index (κ2) is 4.74. The van der Waals surface area contributed by atoms with E-state index in [1.807, 2.05) is 12.4 Å². The van der Waals surface area contributed by atoms with E-state index >= 15 is 0 Å². The van der Waals surface area contributed by atoms with Gasteiger partial charge in [0, 0.05) is 6.72 Å². The molecule has 3 heteroatoms. The Morgan fingerprint density at radius 3 is 2.86 bits per heavy atom. The summed E-state index contributed by atoms with van der Waals surface area (Å²) in [6.45, 7) is 9.85. The van der Waals surface area contributed by atoms with Crippen LogP contribution in [0, 0.1) is 5.92 Å². The van der Waals surface area contributed by atoms with E-state index in [1.165, 1.54) is 0 Å². The van der Waals surface area contributed by atoms with E-state index in [9.17, 15) is 0 Å². The van der Waals surface area contributed by atoms with Gasteiger partial charge in [0.1, 0.15) is 0 Å². The SMILES string of the molecule is C=NN1C=C(C(C)C)N=C/C1=C/CC. The van der Waals surface area contributed by atoms with E-state index in [4.69, 9.17) is 0 Å². The highest BCUT2D eigenvalue weighted by Gasteiger charge is 2.11. The van der Waals surface area contributed by atoms with Crippen LogP contribution < -0.4 is 0 Å². The molecule has 0 saturated carbocycles. The number of allylic oxidation sites excluding steroid dienone is 3. The molecule has 1 aliphatic heterocycles. The van der Waals surface area contributed by atoms with Crippen molar-refractivity contribution >= 4 is 12.9 Å². The predicted octanol–water partition coefficient (Wildman–Crippen LogP) is 2.78. The van der Waals surface area contributed by atoms with Gasteiger partial charge in [-0.25, -0.2) is 5.01 Å². The summed E-state index contributed by atoms with van der Waals surface area (Å²) < 4.78 is 0. The number of hydrogen-bond acceptors (Lipinski definition) is 3. The fourth-order valence-electron chi connectivity index (χ4n) is 1.21. The minimum atomic E-state index is 0.415. The van der Waals surface area contributed by atoms with Gasteiger partial charge in [-0.3, -0.25) is 4.99 Å². The minimum absolute atomic E-state index is 0.415. The molecule has 0 radical (unpaired) electrons. The van der Waals surface area contributed by atoms with Crippen LogP contribution >= 0.6 is 0 Å². The predicted molar refractivity (Wildman–Crippen MR) is 61.2 cm³/mol. The van der Waals surface area contributed by atoms with Crippen LogP contribution in [0.4, 0.5) is 0 Å². The molecule has 0 atom stereocenters. The average molecular weight is 191 g/mol. The van der Waals surface area contributed by atoms with E-state index in [-0.39, 0.29) is 0 Å². The van der Waals surface area contributed by atoms with Gasteiger partial charge in [-0.1, -0.05) is 26.8 Å². The number of aliphatic imine (C=N–C) groups is 1. The summed E-state index contributed by atoms with van der Waals surface area (Å²) in [5, 5.41) is 5.70. The summed E-state index contributed by atoms with van der Waals surface area (Å²) in [5.74, 6) is 0.415. The summed E-state index contributed by atoms with van der Waals surface area (Å²) in [5.41, 5.74) is 2.03. The number of nitrogens with zero attached hydrogens (tertiary/aromatic N) is 3. The Hall–Kier alpha value is -1.38. The first-order valence-electron chi connectivity index (χ1n) is 4.90. The van der Waals surface area contributed by atoms with Gasteiger partial charge in [0.15, 0.2) is 0 Å². The van der Waals surface area contributed by atoms with Crippen molar-refractivity contribution in [1.29, 1.82) is 0 Å². The minimum Gasteiger partial charge on any atom is -0.257 e. The normalized spacial score (nSPS) is 19.0. The van der Waals surface area contributed by atoms with Crippen molar-refractivity contribution in [3.8, 4) is 0 Å². The highest BCUT2D eigenvalue weighted by molar-refractivity contribution is 5.80. The monoisotopic (exact) mass is 191 g/mol. The maximum atomic E-state index is 4.37. The molecule has 14 heavy (non-hydrogen) atoms. The maximum Gasteiger partial charge on any atom is 0.0788 e. The van der Waals surface area contributed by atoms with Crippen molar-refractivity contribution < 1.29 is 0 Å². The molecule has 1 aliphatic rings. The van der Waals surface area contributed by atoms with Crippen LogP contribution in [0.2, 0.25) is 0 Å². The topological polar surface area (TPSA) is 28.0 Å². The lowest BCUT2D eigenvalue weighted by Crippen LogP contribution is -2.16. The highest BCUT2D eigenvalue weighted by Crippen LogP contribution is 2.19. The lowest BCUT2D eigenvalue weighted by Gasteiger charge is -2.21. The van der Waals surface area contributed by atoms with Gasteiger partial charge >= 0.3 is 0 Å². The Morgan fingerprint density at radius 1 is 1.64 bits per heavy atom. The summed E-state index contributed by atoms with van der Waals surface area (Å²) in [6, 6.07) is 0. The Morgan fingerprint density at radius 2 is 2.36 bits per heavy atom. The quantitative estimate of drug-likeness (QED) is 0.630. The number of hydrogen-bond donors (Lipinski definition) is 0. The second-order valence-electron chi connectivity index (χ2n) is 3.49. The molecule has 1 rings (SSSR count). The van der Waals surface area contributed by atoms with E-state index in [0.717, 1.165) is 17.8 Å². The molecule has 76 valence electrons. The zero-order chi connectivity index (χ0) is 10.6. The molecule has 0 spiro atoms. The van der Waals surface area contributed by atoms with Crippen LogP contribution in [0.25, 0.3) is 0 Å². The summed E-state index contributed by atoms with van der Waals surface area (Å²) in [4.78, 5) is 4.37.